The summed E-state index contributed by atoms with van der Waals surface area (Å²) >= 11 is 2.10. The number of benzene rings is 1. The van der Waals surface area contributed by atoms with Crippen molar-refractivity contribution >= 4 is 28.5 Å². The van der Waals surface area contributed by atoms with Crippen LogP contribution in [0.1, 0.15) is 42.5 Å². The van der Waals surface area contributed by atoms with Gasteiger partial charge in [-0.05, 0) is 53.6 Å². The minimum atomic E-state index is -0.489. The minimum Gasteiger partial charge on any atom is -0.507 e. The molecular weight excluding hydrogens is 357 g/mol. The molecule has 1 aliphatic carbocycles. The van der Waals surface area contributed by atoms with Crippen LogP contribution in [0.15, 0.2) is 18.2 Å². The molecule has 1 aliphatic rings. The molecule has 0 spiro atoms. The normalized spacial score (nSPS) is 23.7. The van der Waals surface area contributed by atoms with E-state index in [1.54, 1.807) is 12.1 Å². The lowest BCUT2D eigenvalue weighted by atomic mass is 10.1. The maximum atomic E-state index is 12.2. The van der Waals surface area contributed by atoms with Crippen LogP contribution in [-0.2, 0) is 0 Å². The Morgan fingerprint density at radius 1 is 1.26 bits per heavy atom. The average molecular weight is 375 g/mol. The zero-order valence-electron chi connectivity index (χ0n) is 10.6. The molecule has 4 nitrogen and oxygen atoms in total. The second-order valence-electron chi connectivity index (χ2n) is 4.95. The molecule has 19 heavy (non-hydrogen) atoms. The van der Waals surface area contributed by atoms with E-state index >= 15 is 0 Å². The smallest absolute Gasteiger partial charge is 0.255 e. The second-order valence-corrected chi connectivity index (χ2v) is 6.19. The average Bonchev–Trinajstić information content (AvgIpc) is 2.58. The first kappa shape index (κ1) is 14.6. The number of nitrogens with one attached hydrogen (secondary N) is 1. The Bertz CT molecular complexity index is 464. The summed E-state index contributed by atoms with van der Waals surface area (Å²) in [6.45, 7) is 0. The van der Waals surface area contributed by atoms with Crippen LogP contribution >= 0.6 is 22.6 Å². The lowest BCUT2D eigenvalue weighted by molar-refractivity contribution is 0.0816. The molecular formula is C14H18INO3. The highest BCUT2D eigenvalue weighted by molar-refractivity contribution is 14.1. The molecule has 0 bridgehead atoms. The molecule has 1 saturated carbocycles. The minimum absolute atomic E-state index is 0.0268. The second kappa shape index (κ2) is 6.56. The van der Waals surface area contributed by atoms with Crippen LogP contribution in [0.25, 0.3) is 0 Å². The Morgan fingerprint density at radius 2 is 2.00 bits per heavy atom. The van der Waals surface area contributed by atoms with Crippen LogP contribution in [0.5, 0.6) is 5.75 Å². The summed E-state index contributed by atoms with van der Waals surface area (Å²) in [6, 6.07) is 4.69. The van der Waals surface area contributed by atoms with Crippen LogP contribution in [-0.4, -0.2) is 28.3 Å². The number of halogens is 1. The quantitative estimate of drug-likeness (QED) is 0.549. The highest BCUT2D eigenvalue weighted by Gasteiger charge is 2.24. The van der Waals surface area contributed by atoms with Gasteiger partial charge in [0, 0.05) is 3.57 Å². The zero-order chi connectivity index (χ0) is 13.8. The van der Waals surface area contributed by atoms with Crippen LogP contribution in [0.3, 0.4) is 0 Å². The number of carbonyl (C=O) groups excluding carboxylic acids is 1. The number of hydrogen-bond acceptors (Lipinski definition) is 3. The highest BCUT2D eigenvalue weighted by Crippen LogP contribution is 2.22. The topological polar surface area (TPSA) is 69.6 Å². The standard InChI is InChI=1S/C14H18INO3/c15-9-6-7-12(17)10(8-9)14(19)16-11-4-2-1-3-5-13(11)18/h6-8,11,13,17-18H,1-5H2,(H,16,19). The molecule has 0 aliphatic heterocycles. The first-order chi connectivity index (χ1) is 9.08. The van der Waals surface area contributed by atoms with E-state index < -0.39 is 6.10 Å². The Kier molecular flexibility index (Phi) is 5.04. The maximum absolute atomic E-state index is 12.2. The van der Waals surface area contributed by atoms with Crippen molar-refractivity contribution in [3.05, 3.63) is 27.3 Å². The first-order valence-corrected chi connectivity index (χ1v) is 7.63. The largest absolute Gasteiger partial charge is 0.507 e. The van der Waals surface area contributed by atoms with E-state index in [1.807, 2.05) is 0 Å². The van der Waals surface area contributed by atoms with Crippen LogP contribution in [0.2, 0.25) is 0 Å². The molecule has 1 amide bonds. The van der Waals surface area contributed by atoms with E-state index in [0.717, 1.165) is 35.7 Å². The van der Waals surface area contributed by atoms with Gasteiger partial charge in [0.1, 0.15) is 5.75 Å². The molecule has 0 saturated heterocycles. The van der Waals surface area contributed by atoms with E-state index in [-0.39, 0.29) is 23.3 Å². The summed E-state index contributed by atoms with van der Waals surface area (Å²) in [5, 5.41) is 22.6. The van der Waals surface area contributed by atoms with Gasteiger partial charge in [-0.25, -0.2) is 0 Å². The van der Waals surface area contributed by atoms with E-state index in [0.29, 0.717) is 0 Å². The summed E-state index contributed by atoms with van der Waals surface area (Å²) < 4.78 is 0.891. The molecule has 2 unspecified atom stereocenters. The highest BCUT2D eigenvalue weighted by atomic mass is 127. The van der Waals surface area contributed by atoms with Gasteiger partial charge >= 0.3 is 0 Å². The molecule has 2 atom stereocenters. The predicted octanol–water partition coefficient (Wildman–Crippen LogP) is 2.42. The molecule has 1 aromatic rings. The fourth-order valence-corrected chi connectivity index (χ4v) is 2.88. The van der Waals surface area contributed by atoms with Crippen molar-refractivity contribution in [1.29, 1.82) is 0 Å². The van der Waals surface area contributed by atoms with Gasteiger partial charge in [-0.2, -0.15) is 0 Å². The van der Waals surface area contributed by atoms with E-state index in [2.05, 4.69) is 27.9 Å². The van der Waals surface area contributed by atoms with Crippen molar-refractivity contribution < 1.29 is 15.0 Å². The lowest BCUT2D eigenvalue weighted by Crippen LogP contribution is -2.42. The fraction of sp³-hybridized carbons (Fsp3) is 0.500. The molecule has 1 fully saturated rings. The van der Waals surface area contributed by atoms with Crippen LogP contribution in [0.4, 0.5) is 0 Å². The lowest BCUT2D eigenvalue weighted by Gasteiger charge is -2.22. The number of phenolic OH excluding ortho intramolecular Hbond substituents is 1. The van der Waals surface area contributed by atoms with Crippen molar-refractivity contribution in [3.8, 4) is 5.75 Å². The van der Waals surface area contributed by atoms with Crippen molar-refractivity contribution in [3.63, 3.8) is 0 Å². The first-order valence-electron chi connectivity index (χ1n) is 6.55. The van der Waals surface area contributed by atoms with Crippen LogP contribution in [0, 0.1) is 3.57 Å². The van der Waals surface area contributed by atoms with Crippen LogP contribution < -0.4 is 5.32 Å². The number of amides is 1. The summed E-state index contributed by atoms with van der Waals surface area (Å²) in [4.78, 5) is 12.2. The molecule has 0 aromatic heterocycles. The van der Waals surface area contributed by atoms with Crippen molar-refractivity contribution in [1.82, 2.24) is 5.32 Å². The van der Waals surface area contributed by atoms with Gasteiger partial charge in [0.2, 0.25) is 0 Å². The van der Waals surface area contributed by atoms with E-state index in [1.165, 1.54) is 6.07 Å². The molecule has 0 radical (unpaired) electrons. The van der Waals surface area contributed by atoms with Gasteiger partial charge in [-0.3, -0.25) is 4.79 Å². The summed E-state index contributed by atoms with van der Waals surface area (Å²) in [6.07, 6.45) is 4.14. The van der Waals surface area contributed by atoms with Gasteiger partial charge in [-0.15, -0.1) is 0 Å². The maximum Gasteiger partial charge on any atom is 0.255 e. The Morgan fingerprint density at radius 3 is 2.79 bits per heavy atom. The zero-order valence-corrected chi connectivity index (χ0v) is 12.8. The number of aliphatic hydroxyl groups is 1. The third-order valence-corrected chi connectivity index (χ3v) is 4.17. The summed E-state index contributed by atoms with van der Waals surface area (Å²) in [5.41, 5.74) is 0.267. The number of hydrogen-bond donors (Lipinski definition) is 3. The van der Waals surface area contributed by atoms with Gasteiger partial charge < -0.3 is 15.5 Å². The van der Waals surface area contributed by atoms with Crippen molar-refractivity contribution in [2.24, 2.45) is 0 Å². The number of rotatable bonds is 2. The number of aromatic hydroxyl groups is 1. The van der Waals surface area contributed by atoms with Crippen molar-refractivity contribution in [2.75, 3.05) is 0 Å². The van der Waals surface area contributed by atoms with Crippen molar-refractivity contribution in [2.45, 2.75) is 44.2 Å². The monoisotopic (exact) mass is 375 g/mol. The number of aliphatic hydroxyl groups excluding tert-OH is 1. The third-order valence-electron chi connectivity index (χ3n) is 3.50. The molecule has 2 rings (SSSR count). The summed E-state index contributed by atoms with van der Waals surface area (Å²) in [5.74, 6) is -0.344. The predicted molar refractivity (Wildman–Crippen MR) is 81.2 cm³/mol. The molecule has 1 aromatic carbocycles. The Balaban J connectivity index is 2.09. The Labute approximate surface area is 126 Å². The molecule has 3 N–H and O–H groups in total. The van der Waals surface area contributed by atoms with E-state index in [9.17, 15) is 15.0 Å². The van der Waals surface area contributed by atoms with E-state index in [4.69, 9.17) is 0 Å². The molecule has 5 heteroatoms. The SMILES string of the molecule is O=C(NC1CCCCCC1O)c1cc(I)ccc1O. The number of carbonyl (C=O) groups is 1. The van der Waals surface area contributed by atoms with Gasteiger partial charge in [0.15, 0.2) is 0 Å². The number of phenols is 1. The molecule has 0 heterocycles. The third kappa shape index (κ3) is 3.82. The van der Waals surface area contributed by atoms with Gasteiger partial charge in [0.05, 0.1) is 17.7 Å². The fourth-order valence-electron chi connectivity index (χ4n) is 2.39. The molecule has 104 valence electrons. The van der Waals surface area contributed by atoms with Gasteiger partial charge in [0.25, 0.3) is 5.91 Å². The summed E-state index contributed by atoms with van der Waals surface area (Å²) in [7, 11) is 0. The van der Waals surface area contributed by atoms with Gasteiger partial charge in [-0.1, -0.05) is 19.3 Å². The Hall–Kier alpha value is -0.820.